The topological polar surface area (TPSA) is 12.9 Å². The quantitative estimate of drug-likeness (QED) is 0.617. The molecular formula is C17H13NS. The Hall–Kier alpha value is -2.06. The first-order chi connectivity index (χ1) is 9.42. The molecule has 0 unspecified atom stereocenters. The van der Waals surface area contributed by atoms with Crippen molar-refractivity contribution < 1.29 is 0 Å². The van der Waals surface area contributed by atoms with Crippen molar-refractivity contribution in [3.8, 4) is 0 Å². The number of para-hydroxylation sites is 1. The van der Waals surface area contributed by atoms with E-state index >= 15 is 0 Å². The van der Waals surface area contributed by atoms with E-state index in [2.05, 4.69) is 46.8 Å². The minimum absolute atomic E-state index is 1.02. The normalized spacial score (nSPS) is 11.2. The molecule has 0 aliphatic heterocycles. The van der Waals surface area contributed by atoms with E-state index in [0.29, 0.717) is 0 Å². The highest BCUT2D eigenvalue weighted by Crippen LogP contribution is 2.21. The summed E-state index contributed by atoms with van der Waals surface area (Å²) in [5.41, 5.74) is 2.25. The van der Waals surface area contributed by atoms with E-state index < -0.39 is 0 Å². The lowest BCUT2D eigenvalue weighted by molar-refractivity contribution is 1.20. The second-order valence-electron chi connectivity index (χ2n) is 4.17. The standard InChI is InChI=1S/C17H13NS/c1-2-6-14(7-3-1)12-13-19-17-11-10-15-8-4-5-9-16(15)18-17/h1-13H/b13-12-. The van der Waals surface area contributed by atoms with Gasteiger partial charge in [-0.2, -0.15) is 0 Å². The van der Waals surface area contributed by atoms with Crippen LogP contribution >= 0.6 is 11.8 Å². The molecule has 1 nitrogen and oxygen atoms in total. The minimum Gasteiger partial charge on any atom is -0.241 e. The Morgan fingerprint density at radius 3 is 2.47 bits per heavy atom. The number of pyridine rings is 1. The SMILES string of the molecule is C(=C/c1ccccc1)/Sc1ccc2ccccc2n1. The van der Waals surface area contributed by atoms with Crippen LogP contribution in [0.15, 0.2) is 77.2 Å². The molecule has 0 aliphatic carbocycles. The number of hydrogen-bond acceptors (Lipinski definition) is 2. The largest absolute Gasteiger partial charge is 0.241 e. The first-order valence-electron chi connectivity index (χ1n) is 6.16. The van der Waals surface area contributed by atoms with Gasteiger partial charge in [-0.3, -0.25) is 0 Å². The van der Waals surface area contributed by atoms with E-state index in [9.17, 15) is 0 Å². The van der Waals surface area contributed by atoms with Gasteiger partial charge in [0.2, 0.25) is 0 Å². The third-order valence-electron chi connectivity index (χ3n) is 2.82. The van der Waals surface area contributed by atoms with Gasteiger partial charge in [0, 0.05) is 5.39 Å². The number of thioether (sulfide) groups is 1. The first-order valence-corrected chi connectivity index (χ1v) is 7.04. The molecule has 0 radical (unpaired) electrons. The van der Waals surface area contributed by atoms with Gasteiger partial charge in [0.05, 0.1) is 5.52 Å². The molecule has 0 saturated carbocycles. The van der Waals surface area contributed by atoms with Gasteiger partial charge in [-0.25, -0.2) is 4.98 Å². The van der Waals surface area contributed by atoms with Crippen LogP contribution in [-0.4, -0.2) is 4.98 Å². The summed E-state index contributed by atoms with van der Waals surface area (Å²) in [5.74, 6) is 0. The molecule has 19 heavy (non-hydrogen) atoms. The Bertz CT molecular complexity index is 705. The van der Waals surface area contributed by atoms with Gasteiger partial charge < -0.3 is 0 Å². The minimum atomic E-state index is 1.02. The molecule has 0 aliphatic rings. The zero-order chi connectivity index (χ0) is 12.9. The van der Waals surface area contributed by atoms with Gasteiger partial charge in [0.25, 0.3) is 0 Å². The lowest BCUT2D eigenvalue weighted by Gasteiger charge is -1.99. The second kappa shape index (κ2) is 5.72. The monoisotopic (exact) mass is 263 g/mol. The summed E-state index contributed by atoms with van der Waals surface area (Å²) in [6.07, 6.45) is 2.10. The van der Waals surface area contributed by atoms with Gasteiger partial charge in [0.15, 0.2) is 0 Å². The molecule has 3 rings (SSSR count). The molecule has 1 heterocycles. The van der Waals surface area contributed by atoms with Crippen molar-refractivity contribution >= 4 is 28.7 Å². The van der Waals surface area contributed by atoms with Crippen LogP contribution < -0.4 is 0 Å². The van der Waals surface area contributed by atoms with Crippen LogP contribution in [0, 0.1) is 0 Å². The van der Waals surface area contributed by atoms with Crippen molar-refractivity contribution in [3.05, 3.63) is 77.7 Å². The summed E-state index contributed by atoms with van der Waals surface area (Å²) in [4.78, 5) is 4.62. The highest BCUT2D eigenvalue weighted by Gasteiger charge is 1.96. The summed E-state index contributed by atoms with van der Waals surface area (Å²) in [6.45, 7) is 0. The molecule has 3 aromatic rings. The van der Waals surface area contributed by atoms with Crippen molar-refractivity contribution in [2.75, 3.05) is 0 Å². The Labute approximate surface area is 117 Å². The average molecular weight is 263 g/mol. The molecule has 1 aromatic heterocycles. The van der Waals surface area contributed by atoms with E-state index in [1.54, 1.807) is 11.8 Å². The molecule has 0 spiro atoms. The van der Waals surface area contributed by atoms with Crippen molar-refractivity contribution in [1.29, 1.82) is 0 Å². The summed E-state index contributed by atoms with van der Waals surface area (Å²) in [7, 11) is 0. The number of rotatable bonds is 3. The Balaban J connectivity index is 1.77. The van der Waals surface area contributed by atoms with Gasteiger partial charge in [-0.1, -0.05) is 66.4 Å². The molecule has 2 heteroatoms. The maximum Gasteiger partial charge on any atom is 0.101 e. The fourth-order valence-corrected chi connectivity index (χ4v) is 2.52. The maximum absolute atomic E-state index is 4.62. The Morgan fingerprint density at radius 1 is 0.789 bits per heavy atom. The summed E-state index contributed by atoms with van der Waals surface area (Å²) < 4.78 is 0. The number of aromatic nitrogens is 1. The predicted octanol–water partition coefficient (Wildman–Crippen LogP) is 5.00. The summed E-state index contributed by atoms with van der Waals surface area (Å²) in [6, 6.07) is 22.6. The van der Waals surface area contributed by atoms with E-state index in [1.807, 2.05) is 36.4 Å². The zero-order valence-electron chi connectivity index (χ0n) is 10.4. The molecule has 0 saturated heterocycles. The van der Waals surface area contributed by atoms with Crippen LogP contribution in [0.3, 0.4) is 0 Å². The highest BCUT2D eigenvalue weighted by molar-refractivity contribution is 8.02. The molecule has 92 valence electrons. The second-order valence-corrected chi connectivity index (χ2v) is 5.10. The molecule has 2 aromatic carbocycles. The smallest absolute Gasteiger partial charge is 0.101 e. The van der Waals surface area contributed by atoms with Crippen LogP contribution in [0.2, 0.25) is 0 Å². The van der Waals surface area contributed by atoms with Crippen LogP contribution in [0.4, 0.5) is 0 Å². The highest BCUT2D eigenvalue weighted by atomic mass is 32.2. The number of benzene rings is 2. The molecule has 0 N–H and O–H groups in total. The third kappa shape index (κ3) is 3.04. The van der Waals surface area contributed by atoms with Gasteiger partial charge in [-0.15, -0.1) is 0 Å². The zero-order valence-corrected chi connectivity index (χ0v) is 11.2. The summed E-state index contributed by atoms with van der Waals surface area (Å²) >= 11 is 1.64. The van der Waals surface area contributed by atoms with E-state index in [4.69, 9.17) is 0 Å². The third-order valence-corrected chi connectivity index (χ3v) is 3.56. The van der Waals surface area contributed by atoms with Crippen LogP contribution in [0.25, 0.3) is 17.0 Å². The van der Waals surface area contributed by atoms with E-state index in [-0.39, 0.29) is 0 Å². The molecule has 0 bridgehead atoms. The number of hydrogen-bond donors (Lipinski definition) is 0. The number of fused-ring (bicyclic) bond motifs is 1. The maximum atomic E-state index is 4.62. The molecule has 0 atom stereocenters. The number of nitrogens with zero attached hydrogens (tertiary/aromatic N) is 1. The fraction of sp³-hybridized carbons (Fsp3) is 0. The lowest BCUT2D eigenvalue weighted by Crippen LogP contribution is -1.80. The first kappa shape index (κ1) is 12.0. The Morgan fingerprint density at radius 2 is 1.58 bits per heavy atom. The van der Waals surface area contributed by atoms with E-state index in [0.717, 1.165) is 10.5 Å². The van der Waals surface area contributed by atoms with Crippen LogP contribution in [0.5, 0.6) is 0 Å². The van der Waals surface area contributed by atoms with Crippen molar-refractivity contribution in [3.63, 3.8) is 0 Å². The average Bonchev–Trinajstić information content (AvgIpc) is 2.48. The lowest BCUT2D eigenvalue weighted by atomic mass is 10.2. The molecule has 0 fully saturated rings. The van der Waals surface area contributed by atoms with Crippen molar-refractivity contribution in [2.45, 2.75) is 5.03 Å². The predicted molar refractivity (Wildman–Crippen MR) is 83.1 cm³/mol. The van der Waals surface area contributed by atoms with Gasteiger partial charge in [-0.05, 0) is 29.2 Å². The van der Waals surface area contributed by atoms with Crippen molar-refractivity contribution in [2.24, 2.45) is 0 Å². The van der Waals surface area contributed by atoms with Gasteiger partial charge in [0.1, 0.15) is 5.03 Å². The molecule has 0 amide bonds. The van der Waals surface area contributed by atoms with Crippen molar-refractivity contribution in [1.82, 2.24) is 4.98 Å². The van der Waals surface area contributed by atoms with Crippen LogP contribution in [-0.2, 0) is 0 Å². The summed E-state index contributed by atoms with van der Waals surface area (Å²) in [5, 5.41) is 4.27. The van der Waals surface area contributed by atoms with Crippen LogP contribution in [0.1, 0.15) is 5.56 Å². The fourth-order valence-electron chi connectivity index (χ4n) is 1.86. The molecular weight excluding hydrogens is 250 g/mol. The van der Waals surface area contributed by atoms with E-state index in [1.165, 1.54) is 10.9 Å². The van der Waals surface area contributed by atoms with Gasteiger partial charge >= 0.3 is 0 Å². The Kier molecular flexibility index (Phi) is 3.61.